The molecule has 106 valence electrons. The van der Waals surface area contributed by atoms with Crippen molar-refractivity contribution in [3.8, 4) is 6.07 Å². The first-order chi connectivity index (χ1) is 9.63. The quantitative estimate of drug-likeness (QED) is 0.820. The number of anilines is 1. The van der Waals surface area contributed by atoms with Crippen molar-refractivity contribution in [3.63, 3.8) is 0 Å². The highest BCUT2D eigenvalue weighted by atomic mass is 16.5. The number of hydrogen-bond acceptors (Lipinski definition) is 4. The Morgan fingerprint density at radius 1 is 1.40 bits per heavy atom. The molecule has 5 heteroatoms. The lowest BCUT2D eigenvalue weighted by atomic mass is 10.2. The summed E-state index contributed by atoms with van der Waals surface area (Å²) in [7, 11) is 0. The molecule has 1 heterocycles. The van der Waals surface area contributed by atoms with E-state index in [1.165, 1.54) is 0 Å². The Morgan fingerprint density at radius 2 is 2.20 bits per heavy atom. The molecule has 0 amide bonds. The average molecular weight is 272 g/mol. The van der Waals surface area contributed by atoms with Gasteiger partial charge in [0.05, 0.1) is 17.2 Å². The Balaban J connectivity index is 2.07. The van der Waals surface area contributed by atoms with Gasteiger partial charge >= 0.3 is 0 Å². The van der Waals surface area contributed by atoms with E-state index in [0.29, 0.717) is 17.0 Å². The van der Waals surface area contributed by atoms with Crippen LogP contribution < -0.4 is 5.73 Å². The third kappa shape index (κ3) is 3.09. The summed E-state index contributed by atoms with van der Waals surface area (Å²) < 4.78 is 7.48. The van der Waals surface area contributed by atoms with E-state index in [4.69, 9.17) is 15.7 Å². The molecule has 1 aromatic carbocycles. The fourth-order valence-corrected chi connectivity index (χ4v) is 2.18. The molecule has 2 rings (SSSR count). The summed E-state index contributed by atoms with van der Waals surface area (Å²) in [6, 6.07) is 7.72. The molecule has 2 aromatic rings. The third-order valence-electron chi connectivity index (χ3n) is 3.16. The van der Waals surface area contributed by atoms with Gasteiger partial charge in [-0.15, -0.1) is 0 Å². The second-order valence-corrected chi connectivity index (χ2v) is 5.03. The molecule has 5 nitrogen and oxygen atoms in total. The number of nitriles is 1. The van der Waals surface area contributed by atoms with E-state index in [0.717, 1.165) is 31.5 Å². The van der Waals surface area contributed by atoms with Crippen LogP contribution in [0.3, 0.4) is 0 Å². The van der Waals surface area contributed by atoms with Crippen LogP contribution in [0, 0.1) is 11.3 Å². The van der Waals surface area contributed by atoms with Crippen molar-refractivity contribution >= 4 is 17.0 Å². The van der Waals surface area contributed by atoms with Crippen LogP contribution in [-0.2, 0) is 11.3 Å². The van der Waals surface area contributed by atoms with E-state index in [1.54, 1.807) is 6.07 Å². The van der Waals surface area contributed by atoms with E-state index >= 15 is 0 Å². The third-order valence-corrected chi connectivity index (χ3v) is 3.16. The second-order valence-electron chi connectivity index (χ2n) is 5.03. The monoisotopic (exact) mass is 272 g/mol. The standard InChI is InChI=1S/C15H20N4O/c1-11(2)20-9-4-3-8-19-13-7-5-6-12(10-16)14(13)18-15(19)17/h5-7,11H,3-4,8-9H2,1-2H3,(H2,17,18). The minimum atomic E-state index is 0.271. The van der Waals surface area contributed by atoms with Gasteiger partial charge < -0.3 is 15.0 Å². The maximum absolute atomic E-state index is 9.08. The molecule has 0 radical (unpaired) electrons. The van der Waals surface area contributed by atoms with Crippen molar-refractivity contribution in [2.45, 2.75) is 39.3 Å². The van der Waals surface area contributed by atoms with Crippen LogP contribution in [0.1, 0.15) is 32.3 Å². The van der Waals surface area contributed by atoms with Crippen LogP contribution >= 0.6 is 0 Å². The van der Waals surface area contributed by atoms with Crippen LogP contribution in [0.25, 0.3) is 11.0 Å². The number of nitrogens with zero attached hydrogens (tertiary/aromatic N) is 3. The number of rotatable bonds is 6. The number of benzene rings is 1. The summed E-state index contributed by atoms with van der Waals surface area (Å²) in [5.74, 6) is 0.465. The first kappa shape index (κ1) is 14.4. The number of nitrogen functional groups attached to an aromatic ring is 1. The molecule has 0 spiro atoms. The molecule has 20 heavy (non-hydrogen) atoms. The number of aromatic nitrogens is 2. The first-order valence-electron chi connectivity index (χ1n) is 6.90. The van der Waals surface area contributed by atoms with Crippen molar-refractivity contribution in [1.29, 1.82) is 5.26 Å². The maximum Gasteiger partial charge on any atom is 0.201 e. The fourth-order valence-electron chi connectivity index (χ4n) is 2.18. The molecule has 0 unspecified atom stereocenters. The fraction of sp³-hybridized carbons (Fsp3) is 0.467. The predicted molar refractivity (Wildman–Crippen MR) is 79.2 cm³/mol. The zero-order chi connectivity index (χ0) is 14.5. The van der Waals surface area contributed by atoms with Gasteiger partial charge in [-0.05, 0) is 38.8 Å². The van der Waals surface area contributed by atoms with Crippen LogP contribution in [0.4, 0.5) is 5.95 Å². The highest BCUT2D eigenvalue weighted by Crippen LogP contribution is 2.21. The van der Waals surface area contributed by atoms with Crippen molar-refractivity contribution in [2.75, 3.05) is 12.3 Å². The summed E-state index contributed by atoms with van der Waals surface area (Å²) >= 11 is 0. The van der Waals surface area contributed by atoms with Gasteiger partial charge in [-0.2, -0.15) is 5.26 Å². The Morgan fingerprint density at radius 3 is 2.90 bits per heavy atom. The van der Waals surface area contributed by atoms with Gasteiger partial charge in [0, 0.05) is 13.2 Å². The molecular formula is C15H20N4O. The lowest BCUT2D eigenvalue weighted by molar-refractivity contribution is 0.0755. The van der Waals surface area contributed by atoms with Crippen molar-refractivity contribution in [2.24, 2.45) is 0 Å². The molecule has 1 aromatic heterocycles. The molecule has 0 bridgehead atoms. The van der Waals surface area contributed by atoms with E-state index in [1.807, 2.05) is 30.5 Å². The van der Waals surface area contributed by atoms with Gasteiger partial charge in [0.1, 0.15) is 11.6 Å². The lowest BCUT2D eigenvalue weighted by Crippen LogP contribution is -2.07. The minimum Gasteiger partial charge on any atom is -0.379 e. The molecule has 0 aliphatic heterocycles. The molecule has 0 atom stereocenters. The number of hydrogen-bond donors (Lipinski definition) is 1. The number of aryl methyl sites for hydroxylation is 1. The molecule has 0 saturated carbocycles. The molecule has 0 aliphatic carbocycles. The maximum atomic E-state index is 9.08. The minimum absolute atomic E-state index is 0.271. The van der Waals surface area contributed by atoms with Gasteiger partial charge in [-0.1, -0.05) is 6.07 Å². The number of imidazole rings is 1. The van der Waals surface area contributed by atoms with Crippen molar-refractivity contribution in [3.05, 3.63) is 23.8 Å². The summed E-state index contributed by atoms with van der Waals surface area (Å²) in [6.07, 6.45) is 2.22. The number of fused-ring (bicyclic) bond motifs is 1. The highest BCUT2D eigenvalue weighted by molar-refractivity contribution is 5.83. The largest absolute Gasteiger partial charge is 0.379 e. The Labute approximate surface area is 119 Å². The zero-order valence-electron chi connectivity index (χ0n) is 12.0. The van der Waals surface area contributed by atoms with Crippen molar-refractivity contribution in [1.82, 2.24) is 9.55 Å². The number of nitrogens with two attached hydrogens (primary N) is 1. The van der Waals surface area contributed by atoms with Crippen LogP contribution in [-0.4, -0.2) is 22.3 Å². The second kappa shape index (κ2) is 6.40. The highest BCUT2D eigenvalue weighted by Gasteiger charge is 2.10. The summed E-state index contributed by atoms with van der Waals surface area (Å²) in [5.41, 5.74) is 8.13. The number of ether oxygens (including phenoxy) is 1. The Bertz CT molecular complexity index is 625. The van der Waals surface area contributed by atoms with Gasteiger partial charge in [-0.3, -0.25) is 0 Å². The molecule has 0 saturated heterocycles. The molecule has 0 fully saturated rings. The van der Waals surface area contributed by atoms with Crippen LogP contribution in [0.5, 0.6) is 0 Å². The Hall–Kier alpha value is -2.06. The smallest absolute Gasteiger partial charge is 0.201 e. The number of unbranched alkanes of at least 4 members (excludes halogenated alkanes) is 1. The van der Waals surface area contributed by atoms with E-state index in [2.05, 4.69) is 11.1 Å². The number of para-hydroxylation sites is 1. The zero-order valence-corrected chi connectivity index (χ0v) is 12.0. The van der Waals surface area contributed by atoms with Crippen LogP contribution in [0.15, 0.2) is 18.2 Å². The van der Waals surface area contributed by atoms with Gasteiger partial charge in [0.25, 0.3) is 0 Å². The SMILES string of the molecule is CC(C)OCCCCn1c(N)nc2c(C#N)cccc21. The first-order valence-corrected chi connectivity index (χ1v) is 6.90. The van der Waals surface area contributed by atoms with E-state index in [-0.39, 0.29) is 6.10 Å². The summed E-state index contributed by atoms with van der Waals surface area (Å²) in [5, 5.41) is 9.08. The summed E-state index contributed by atoms with van der Waals surface area (Å²) in [6.45, 7) is 5.61. The molecule has 0 aliphatic rings. The van der Waals surface area contributed by atoms with Gasteiger partial charge in [-0.25, -0.2) is 4.98 Å². The van der Waals surface area contributed by atoms with E-state index < -0.39 is 0 Å². The molecule has 2 N–H and O–H groups in total. The topological polar surface area (TPSA) is 76.9 Å². The van der Waals surface area contributed by atoms with Crippen LogP contribution in [0.2, 0.25) is 0 Å². The predicted octanol–water partition coefficient (Wildman–Crippen LogP) is 2.70. The van der Waals surface area contributed by atoms with E-state index in [9.17, 15) is 0 Å². The normalized spacial score (nSPS) is 11.1. The lowest BCUT2D eigenvalue weighted by Gasteiger charge is -2.09. The van der Waals surface area contributed by atoms with Gasteiger partial charge in [0.2, 0.25) is 5.95 Å². The summed E-state index contributed by atoms with van der Waals surface area (Å²) in [4.78, 5) is 4.30. The average Bonchev–Trinajstić information content (AvgIpc) is 2.74. The van der Waals surface area contributed by atoms with Crippen molar-refractivity contribution < 1.29 is 4.74 Å². The van der Waals surface area contributed by atoms with Gasteiger partial charge in [0.15, 0.2) is 0 Å². The molecular weight excluding hydrogens is 252 g/mol. The Kier molecular flexibility index (Phi) is 4.59.